The minimum atomic E-state index is -4.91. The molecule has 0 unspecified atom stereocenters. The van der Waals surface area contributed by atoms with Gasteiger partial charge in [-0.25, -0.2) is 0 Å². The molecule has 0 aliphatic rings. The number of pyridine rings is 2. The summed E-state index contributed by atoms with van der Waals surface area (Å²) < 4.78 is 68.6. The summed E-state index contributed by atoms with van der Waals surface area (Å²) in [6.07, 6.45) is 6.27. The Morgan fingerprint density at radius 2 is 0.887 bits per heavy atom. The van der Waals surface area contributed by atoms with Crippen molar-refractivity contribution in [2.75, 3.05) is 0 Å². The van der Waals surface area contributed by atoms with Gasteiger partial charge >= 0.3 is 20.2 Å². The van der Waals surface area contributed by atoms with E-state index in [0.717, 1.165) is 0 Å². The summed E-state index contributed by atoms with van der Waals surface area (Å²) in [6.45, 7) is 7.52. The van der Waals surface area contributed by atoms with Crippen LogP contribution >= 0.6 is 55.1 Å². The molecule has 5 aromatic rings. The van der Waals surface area contributed by atoms with E-state index in [9.17, 15) is 26.4 Å². The van der Waals surface area contributed by atoms with E-state index in [4.69, 9.17) is 31.8 Å². The molecular formula is C37H30Br2Cl2N2O8S2. The molecule has 0 fully saturated rings. The number of halogens is 4. The van der Waals surface area contributed by atoms with Crippen LogP contribution in [-0.4, -0.2) is 26.3 Å². The van der Waals surface area contributed by atoms with Gasteiger partial charge in [0.2, 0.25) is 0 Å². The van der Waals surface area contributed by atoms with Crippen molar-refractivity contribution in [1.29, 1.82) is 0 Å². The van der Waals surface area contributed by atoms with Crippen molar-refractivity contribution < 1.29 is 25.4 Å². The van der Waals surface area contributed by atoms with E-state index in [1.54, 1.807) is 86.7 Å². The van der Waals surface area contributed by atoms with Crippen LogP contribution in [0.25, 0.3) is 24.3 Å². The second kappa shape index (κ2) is 15.8. The fourth-order valence-corrected chi connectivity index (χ4v) is 9.10. The van der Waals surface area contributed by atoms with Crippen LogP contribution in [0.1, 0.15) is 50.3 Å². The Hall–Kier alpha value is -3.92. The topological polar surface area (TPSA) is 131 Å². The molecule has 0 aliphatic carbocycles. The van der Waals surface area contributed by atoms with Gasteiger partial charge in [0.15, 0.2) is 0 Å². The van der Waals surface area contributed by atoms with Crippen LogP contribution in [0, 0.1) is 34.6 Å². The molecule has 3 aromatic carbocycles. The molecule has 0 N–H and O–H groups in total. The van der Waals surface area contributed by atoms with E-state index in [0.29, 0.717) is 41.8 Å². The Kier molecular flexibility index (Phi) is 12.0. The highest BCUT2D eigenvalue weighted by molar-refractivity contribution is 9.10. The fraction of sp³-hybridized carbons (Fsp3) is 0.135. The van der Waals surface area contributed by atoms with E-state index in [1.165, 1.54) is 39.0 Å². The highest BCUT2D eigenvalue weighted by Gasteiger charge is 2.33. The first-order valence-corrected chi connectivity index (χ1v) is 20.7. The second-order valence-corrected chi connectivity index (χ2v) is 17.3. The predicted octanol–water partition coefficient (Wildman–Crippen LogP) is 8.36. The van der Waals surface area contributed by atoms with Crippen molar-refractivity contribution in [3.63, 3.8) is 0 Å². The molecule has 0 atom stereocenters. The predicted molar refractivity (Wildman–Crippen MR) is 215 cm³/mol. The van der Waals surface area contributed by atoms with E-state index >= 15 is 0 Å². The van der Waals surface area contributed by atoms with E-state index < -0.39 is 41.1 Å². The quantitative estimate of drug-likeness (QED) is 0.137. The van der Waals surface area contributed by atoms with Gasteiger partial charge in [0.25, 0.3) is 11.1 Å². The first kappa shape index (κ1) is 40.3. The summed E-state index contributed by atoms with van der Waals surface area (Å²) in [5, 5.41) is 1.04. The zero-order chi connectivity index (χ0) is 39.0. The fourth-order valence-electron chi connectivity index (χ4n) is 5.52. The van der Waals surface area contributed by atoms with Gasteiger partial charge in [-0.15, -0.1) is 9.46 Å². The molecule has 0 spiro atoms. The normalized spacial score (nSPS) is 12.2. The molecule has 0 bridgehead atoms. The van der Waals surface area contributed by atoms with Gasteiger partial charge in [0, 0.05) is 10.0 Å². The van der Waals surface area contributed by atoms with Crippen molar-refractivity contribution in [3.05, 3.63) is 157 Å². The average molecular weight is 926 g/mol. The molecule has 0 saturated carbocycles. The number of nitrogens with zero attached hydrogens (tertiary/aromatic N) is 2. The summed E-state index contributed by atoms with van der Waals surface area (Å²) in [5.41, 5.74) is 0.994. The zero-order valence-electron chi connectivity index (χ0n) is 28.6. The van der Waals surface area contributed by atoms with Crippen LogP contribution in [-0.2, 0) is 20.2 Å². The zero-order valence-corrected chi connectivity index (χ0v) is 35.0. The van der Waals surface area contributed by atoms with Crippen LogP contribution in [0.5, 0.6) is 0 Å². The molecule has 0 aliphatic heterocycles. The van der Waals surface area contributed by atoms with Crippen LogP contribution in [0.4, 0.5) is 0 Å². The summed E-state index contributed by atoms with van der Waals surface area (Å²) >= 11 is 18.4. The Balaban J connectivity index is 1.60. The SMILES string of the molecule is Cc1cc(C)c(S(=O)(=O)On2c(/C=C/c3ccc(Cl)cc3)cc(C)c(Br)c2=O)c(C)c1S(=O)(=O)On1c(/C=C/c2ccc(Cl)cc2)cc(C)c(Br)c1=O. The number of hydrogen-bond acceptors (Lipinski definition) is 8. The van der Waals surface area contributed by atoms with Gasteiger partial charge in [0.05, 0.1) is 20.3 Å². The number of benzene rings is 3. The van der Waals surface area contributed by atoms with Crippen LogP contribution in [0.3, 0.4) is 0 Å². The first-order valence-electron chi connectivity index (χ1n) is 15.5. The van der Waals surface area contributed by atoms with Gasteiger partial charge in [-0.2, -0.15) is 16.8 Å². The van der Waals surface area contributed by atoms with Gasteiger partial charge in [0.1, 0.15) is 9.79 Å². The Bertz CT molecular complexity index is 2490. The van der Waals surface area contributed by atoms with Crippen molar-refractivity contribution in [2.45, 2.75) is 44.4 Å². The monoisotopic (exact) mass is 922 g/mol. The maximum Gasteiger partial charge on any atom is 0.357 e. The first-order chi connectivity index (χ1) is 24.8. The number of hydrogen-bond donors (Lipinski definition) is 0. The molecule has 5 rings (SSSR count). The van der Waals surface area contributed by atoms with Gasteiger partial charge in [-0.1, -0.05) is 65.7 Å². The molecule has 0 saturated heterocycles. The minimum Gasteiger partial charge on any atom is -0.280 e. The van der Waals surface area contributed by atoms with Crippen molar-refractivity contribution in [1.82, 2.24) is 9.46 Å². The van der Waals surface area contributed by atoms with Crippen molar-refractivity contribution in [3.8, 4) is 0 Å². The third kappa shape index (κ3) is 8.74. The van der Waals surface area contributed by atoms with E-state index in [2.05, 4.69) is 31.9 Å². The number of aromatic nitrogens is 2. The van der Waals surface area contributed by atoms with Crippen LogP contribution < -0.4 is 19.7 Å². The highest BCUT2D eigenvalue weighted by atomic mass is 79.9. The largest absolute Gasteiger partial charge is 0.357 e. The molecule has 10 nitrogen and oxygen atoms in total. The third-order valence-electron chi connectivity index (χ3n) is 7.94. The van der Waals surface area contributed by atoms with E-state index in [1.807, 2.05) is 0 Å². The van der Waals surface area contributed by atoms with Gasteiger partial charge in [-0.3, -0.25) is 18.2 Å². The lowest BCUT2D eigenvalue weighted by Gasteiger charge is -2.20. The summed E-state index contributed by atoms with van der Waals surface area (Å²) in [6, 6.07) is 18.0. The number of rotatable bonds is 10. The maximum absolute atomic E-state index is 14.1. The standard InChI is InChI=1S/C37H30Br2Cl2N2O8S2/c1-21-19-30(16-10-26-6-12-28(40)13-7-26)42(36(44)32(21)38)50-52(46,47)34-23(3)18-24(4)35(25(34)5)53(48,49)51-43-31(20-22(2)33(39)37(43)45)17-11-27-8-14-29(41)15-9-27/h6-20H,1-5H3/b16-10+,17-11+. The molecule has 16 heteroatoms. The van der Waals surface area contributed by atoms with Gasteiger partial charge in [-0.05, 0) is 154 Å². The summed E-state index contributed by atoms with van der Waals surface area (Å²) in [5.74, 6) is 0. The average Bonchev–Trinajstić information content (AvgIpc) is 3.08. The molecule has 53 heavy (non-hydrogen) atoms. The molecule has 2 aromatic heterocycles. The third-order valence-corrected chi connectivity index (χ3v) is 13.3. The van der Waals surface area contributed by atoms with Crippen LogP contribution in [0.15, 0.2) is 95.1 Å². The Morgan fingerprint density at radius 1 is 0.547 bits per heavy atom. The number of aryl methyl sites for hydroxylation is 4. The highest BCUT2D eigenvalue weighted by Crippen LogP contribution is 2.31. The lowest BCUT2D eigenvalue weighted by atomic mass is 10.1. The maximum atomic E-state index is 14.1. The van der Waals surface area contributed by atoms with Crippen LogP contribution in [0.2, 0.25) is 10.0 Å². The molecule has 2 heterocycles. The molecule has 276 valence electrons. The molecule has 0 amide bonds. The lowest BCUT2D eigenvalue weighted by molar-refractivity contribution is 0.262. The van der Waals surface area contributed by atoms with Crippen molar-refractivity contribution >= 4 is 99.6 Å². The Morgan fingerprint density at radius 3 is 1.23 bits per heavy atom. The van der Waals surface area contributed by atoms with E-state index in [-0.39, 0.29) is 37.0 Å². The Labute approximate surface area is 333 Å². The molecule has 0 radical (unpaired) electrons. The smallest absolute Gasteiger partial charge is 0.280 e. The minimum absolute atomic E-state index is 0.0565. The molecular weight excluding hydrogens is 895 g/mol. The van der Waals surface area contributed by atoms with Gasteiger partial charge < -0.3 is 0 Å². The summed E-state index contributed by atoms with van der Waals surface area (Å²) in [4.78, 5) is 25.8. The lowest BCUT2D eigenvalue weighted by Crippen LogP contribution is -2.35. The van der Waals surface area contributed by atoms with Crippen molar-refractivity contribution in [2.24, 2.45) is 0 Å². The second-order valence-electron chi connectivity index (χ2n) is 12.0. The summed E-state index contributed by atoms with van der Waals surface area (Å²) in [7, 11) is -9.81.